The number of anilines is 1. The first-order chi connectivity index (χ1) is 9.97. The number of nitrogens with two attached hydrogens (primary N) is 1. The third-order valence-corrected chi connectivity index (χ3v) is 4.75. The smallest absolute Gasteiger partial charge is 0.338 e. The average Bonchev–Trinajstić information content (AvgIpc) is 3.02. The summed E-state index contributed by atoms with van der Waals surface area (Å²) in [6.07, 6.45) is 1.99. The second kappa shape index (κ2) is 4.79. The van der Waals surface area contributed by atoms with Crippen molar-refractivity contribution < 1.29 is 14.6 Å². The van der Waals surface area contributed by atoms with Gasteiger partial charge in [0.2, 0.25) is 0 Å². The molecule has 1 heterocycles. The highest BCUT2D eigenvalue weighted by Crippen LogP contribution is 2.54. The van der Waals surface area contributed by atoms with E-state index in [1.807, 2.05) is 38.1 Å². The number of nitrogen functional groups attached to an aromatic ring is 1. The molecule has 1 fully saturated rings. The van der Waals surface area contributed by atoms with Crippen molar-refractivity contribution in [1.82, 2.24) is 0 Å². The molecule has 0 saturated heterocycles. The molecule has 1 saturated carbocycles. The number of benzene rings is 1. The Hall–Kier alpha value is -1.97. The molecule has 0 bridgehead atoms. The van der Waals surface area contributed by atoms with Crippen LogP contribution in [-0.4, -0.2) is 16.7 Å². The van der Waals surface area contributed by atoms with Crippen molar-refractivity contribution in [2.45, 2.75) is 44.6 Å². The maximum atomic E-state index is 12.4. The van der Waals surface area contributed by atoms with Gasteiger partial charge in [-0.2, -0.15) is 0 Å². The van der Waals surface area contributed by atoms with Gasteiger partial charge in [0.15, 0.2) is 0 Å². The Morgan fingerprint density at radius 3 is 2.76 bits per heavy atom. The Labute approximate surface area is 124 Å². The summed E-state index contributed by atoms with van der Waals surface area (Å²) < 4.78 is 5.63. The number of carbonyl (C=O) groups is 1. The third kappa shape index (κ3) is 2.28. The number of esters is 1. The first-order valence-electron chi connectivity index (χ1n) is 7.47. The fraction of sp³-hybridized carbons (Fsp3) is 0.471. The molecule has 3 N–H and O–H groups in total. The van der Waals surface area contributed by atoms with E-state index < -0.39 is 5.60 Å². The molecule has 2 aliphatic rings. The average molecular weight is 287 g/mol. The van der Waals surface area contributed by atoms with Gasteiger partial charge in [0.25, 0.3) is 0 Å². The van der Waals surface area contributed by atoms with Crippen molar-refractivity contribution in [2.75, 3.05) is 5.73 Å². The third-order valence-electron chi connectivity index (χ3n) is 4.75. The van der Waals surface area contributed by atoms with E-state index in [4.69, 9.17) is 10.5 Å². The van der Waals surface area contributed by atoms with Crippen LogP contribution in [0.4, 0.5) is 5.69 Å². The fourth-order valence-corrected chi connectivity index (χ4v) is 3.35. The first kappa shape index (κ1) is 14.0. The molecule has 1 spiro atoms. The lowest BCUT2D eigenvalue weighted by molar-refractivity contribution is -0.150. The Kier molecular flexibility index (Phi) is 3.19. The summed E-state index contributed by atoms with van der Waals surface area (Å²) >= 11 is 0. The van der Waals surface area contributed by atoms with Crippen LogP contribution in [0.2, 0.25) is 0 Å². The molecule has 3 rings (SSSR count). The van der Waals surface area contributed by atoms with Crippen molar-refractivity contribution in [3.63, 3.8) is 0 Å². The Morgan fingerprint density at radius 1 is 1.52 bits per heavy atom. The number of ether oxygens (including phenoxy) is 1. The molecule has 3 unspecified atom stereocenters. The molecule has 4 nitrogen and oxygen atoms in total. The summed E-state index contributed by atoms with van der Waals surface area (Å²) in [6.45, 7) is 4.03. The Balaban J connectivity index is 1.97. The van der Waals surface area contributed by atoms with E-state index in [0.29, 0.717) is 30.0 Å². The molecule has 1 aliphatic heterocycles. The van der Waals surface area contributed by atoms with Gasteiger partial charge in [-0.25, -0.2) is 4.79 Å². The van der Waals surface area contributed by atoms with Crippen LogP contribution in [0.15, 0.2) is 35.6 Å². The summed E-state index contributed by atoms with van der Waals surface area (Å²) in [5.41, 5.74) is 7.37. The van der Waals surface area contributed by atoms with Crippen LogP contribution in [0.5, 0.6) is 0 Å². The van der Waals surface area contributed by atoms with Crippen LogP contribution < -0.4 is 5.73 Å². The van der Waals surface area contributed by atoms with Crippen LogP contribution in [0, 0.1) is 5.92 Å². The van der Waals surface area contributed by atoms with Crippen molar-refractivity contribution in [3.8, 4) is 0 Å². The minimum Gasteiger partial charge on any atom is -0.512 e. The zero-order valence-electron chi connectivity index (χ0n) is 12.4. The zero-order valence-corrected chi connectivity index (χ0v) is 12.4. The Bertz CT molecular complexity index is 622. The molecular weight excluding hydrogens is 266 g/mol. The zero-order chi connectivity index (χ0) is 15.2. The number of aliphatic hydroxyl groups excluding tert-OH is 1. The molecule has 1 aliphatic carbocycles. The summed E-state index contributed by atoms with van der Waals surface area (Å²) in [7, 11) is 0. The summed E-state index contributed by atoms with van der Waals surface area (Å²) in [4.78, 5) is 12.4. The molecule has 21 heavy (non-hydrogen) atoms. The lowest BCUT2D eigenvalue weighted by atomic mass is 9.85. The van der Waals surface area contributed by atoms with E-state index in [0.717, 1.165) is 12.0 Å². The number of hydrogen-bond acceptors (Lipinski definition) is 4. The van der Waals surface area contributed by atoms with Gasteiger partial charge in [-0.15, -0.1) is 0 Å². The van der Waals surface area contributed by atoms with Gasteiger partial charge in [0.1, 0.15) is 11.4 Å². The standard InChI is InChI=1S/C17H21NO3/c1-3-13(11-5-4-6-12(18)7-11)15-14(19)9-17(8-10(17)2)21-16(15)20/h4-7,10,13,19H,3,8-9,18H2,1-2H3. The maximum absolute atomic E-state index is 12.4. The van der Waals surface area contributed by atoms with Crippen molar-refractivity contribution in [1.29, 1.82) is 0 Å². The van der Waals surface area contributed by atoms with Crippen molar-refractivity contribution >= 4 is 11.7 Å². The van der Waals surface area contributed by atoms with Gasteiger partial charge in [-0.3, -0.25) is 0 Å². The molecule has 3 atom stereocenters. The van der Waals surface area contributed by atoms with Crippen molar-refractivity contribution in [2.24, 2.45) is 5.92 Å². The van der Waals surface area contributed by atoms with Crippen molar-refractivity contribution in [3.05, 3.63) is 41.2 Å². The predicted octanol–water partition coefficient (Wildman–Crippen LogP) is 3.30. The molecular formula is C17H21NO3. The van der Waals surface area contributed by atoms with E-state index in [1.54, 1.807) is 0 Å². The van der Waals surface area contributed by atoms with Crippen LogP contribution in [0.1, 0.15) is 44.6 Å². The highest BCUT2D eigenvalue weighted by atomic mass is 16.6. The van der Waals surface area contributed by atoms with E-state index in [2.05, 4.69) is 0 Å². The molecule has 4 heteroatoms. The van der Waals surface area contributed by atoms with Crippen LogP contribution in [-0.2, 0) is 9.53 Å². The van der Waals surface area contributed by atoms with E-state index >= 15 is 0 Å². The second-order valence-corrected chi connectivity index (χ2v) is 6.23. The van der Waals surface area contributed by atoms with Gasteiger partial charge < -0.3 is 15.6 Å². The monoisotopic (exact) mass is 287 g/mol. The summed E-state index contributed by atoms with van der Waals surface area (Å²) in [6, 6.07) is 7.46. The predicted molar refractivity (Wildman–Crippen MR) is 80.8 cm³/mol. The minimum absolute atomic E-state index is 0.174. The molecule has 0 radical (unpaired) electrons. The molecule has 1 aromatic carbocycles. The lowest BCUT2D eigenvalue weighted by Crippen LogP contribution is -2.32. The second-order valence-electron chi connectivity index (χ2n) is 6.23. The van der Waals surface area contributed by atoms with Crippen LogP contribution in [0.3, 0.4) is 0 Å². The van der Waals surface area contributed by atoms with Gasteiger partial charge in [0, 0.05) is 23.9 Å². The largest absolute Gasteiger partial charge is 0.512 e. The number of hydrogen-bond donors (Lipinski definition) is 2. The lowest BCUT2D eigenvalue weighted by Gasteiger charge is -2.29. The number of rotatable bonds is 3. The number of carbonyl (C=O) groups excluding carboxylic acids is 1. The molecule has 0 aromatic heterocycles. The van der Waals surface area contributed by atoms with E-state index in [1.165, 1.54) is 0 Å². The summed E-state index contributed by atoms with van der Waals surface area (Å²) in [5.74, 6) is -0.0350. The maximum Gasteiger partial charge on any atom is 0.338 e. The Morgan fingerprint density at radius 2 is 2.24 bits per heavy atom. The normalized spacial score (nSPS) is 29.4. The number of aliphatic hydroxyl groups is 1. The highest BCUT2D eigenvalue weighted by molar-refractivity contribution is 5.92. The fourth-order valence-electron chi connectivity index (χ4n) is 3.35. The van der Waals surface area contributed by atoms with E-state index in [9.17, 15) is 9.90 Å². The van der Waals surface area contributed by atoms with Gasteiger partial charge >= 0.3 is 5.97 Å². The molecule has 0 amide bonds. The highest BCUT2D eigenvalue weighted by Gasteiger charge is 2.58. The molecule has 1 aromatic rings. The van der Waals surface area contributed by atoms with Gasteiger partial charge in [-0.1, -0.05) is 26.0 Å². The summed E-state index contributed by atoms with van der Waals surface area (Å²) in [5, 5.41) is 10.4. The minimum atomic E-state index is -0.446. The SMILES string of the molecule is CCC(C1=C(O)CC2(CC2C)OC1=O)c1cccc(N)c1. The van der Waals surface area contributed by atoms with Gasteiger partial charge in [-0.05, 0) is 30.5 Å². The first-order valence-corrected chi connectivity index (χ1v) is 7.47. The van der Waals surface area contributed by atoms with E-state index in [-0.39, 0.29) is 17.6 Å². The van der Waals surface area contributed by atoms with Gasteiger partial charge in [0.05, 0.1) is 5.57 Å². The van der Waals surface area contributed by atoms with Crippen LogP contribution >= 0.6 is 0 Å². The van der Waals surface area contributed by atoms with Crippen LogP contribution in [0.25, 0.3) is 0 Å². The molecule has 112 valence electrons. The quantitative estimate of drug-likeness (QED) is 0.661. The topological polar surface area (TPSA) is 72.5 Å².